The fourth-order valence-electron chi connectivity index (χ4n) is 1.87. The Labute approximate surface area is 109 Å². The quantitative estimate of drug-likeness (QED) is 0.485. The Bertz CT molecular complexity index is 356. The van der Waals surface area contributed by atoms with Crippen molar-refractivity contribution < 1.29 is 9.84 Å². The summed E-state index contributed by atoms with van der Waals surface area (Å²) in [6, 6.07) is 6.31. The van der Waals surface area contributed by atoms with Gasteiger partial charge in [0.05, 0.1) is 12.3 Å². The van der Waals surface area contributed by atoms with Crippen LogP contribution in [0.15, 0.2) is 18.2 Å². The summed E-state index contributed by atoms with van der Waals surface area (Å²) in [4.78, 5) is 0. The van der Waals surface area contributed by atoms with Gasteiger partial charge in [0.2, 0.25) is 0 Å². The lowest BCUT2D eigenvalue weighted by molar-refractivity contribution is 0.283. The molecule has 0 saturated carbocycles. The van der Waals surface area contributed by atoms with Crippen molar-refractivity contribution in [3.8, 4) is 5.75 Å². The Morgan fingerprint density at radius 2 is 2.22 bits per heavy atom. The molecule has 0 aliphatic carbocycles. The van der Waals surface area contributed by atoms with Crippen LogP contribution in [0.5, 0.6) is 5.75 Å². The minimum Gasteiger partial charge on any atom is -0.492 e. The van der Waals surface area contributed by atoms with Crippen molar-refractivity contribution in [1.82, 2.24) is 5.32 Å². The maximum absolute atomic E-state index is 8.72. The molecule has 1 aromatic carbocycles. The lowest BCUT2D eigenvalue weighted by atomic mass is 10.1. The molecule has 0 heterocycles. The van der Waals surface area contributed by atoms with Gasteiger partial charge in [0.15, 0.2) is 0 Å². The van der Waals surface area contributed by atoms with Crippen molar-refractivity contribution >= 4 is 5.69 Å². The smallest absolute Gasteiger partial charge is 0.142 e. The van der Waals surface area contributed by atoms with E-state index < -0.39 is 0 Å². The number of nitrogens with one attached hydrogen (secondary N) is 1. The molecule has 0 bridgehead atoms. The minimum absolute atomic E-state index is 0.232. The molecule has 1 unspecified atom stereocenters. The molecule has 0 fully saturated rings. The molecular formula is C14H24N2O2. The standard InChI is InChI=1S/C14H24N2O2/c1-3-18-14-6-5-12(10-13(14)15)9-11(2)16-7-4-8-17/h5-6,10-11,16-17H,3-4,7-9,15H2,1-2H3. The second-order valence-electron chi connectivity index (χ2n) is 4.44. The number of aliphatic hydroxyl groups excluding tert-OH is 1. The third kappa shape index (κ3) is 4.94. The molecule has 0 radical (unpaired) electrons. The average Bonchev–Trinajstić information content (AvgIpc) is 2.33. The van der Waals surface area contributed by atoms with E-state index in [1.165, 1.54) is 5.56 Å². The van der Waals surface area contributed by atoms with Gasteiger partial charge in [-0.3, -0.25) is 0 Å². The maximum atomic E-state index is 8.72. The predicted octanol–water partition coefficient (Wildman–Crippen LogP) is 1.57. The molecule has 1 aromatic rings. The number of anilines is 1. The summed E-state index contributed by atoms with van der Waals surface area (Å²) >= 11 is 0. The molecule has 4 nitrogen and oxygen atoms in total. The summed E-state index contributed by atoms with van der Waals surface area (Å²) in [5.41, 5.74) is 7.81. The second kappa shape index (κ2) is 7.95. The first kappa shape index (κ1) is 14.8. The summed E-state index contributed by atoms with van der Waals surface area (Å²) in [6.45, 7) is 5.77. The Balaban J connectivity index is 2.49. The van der Waals surface area contributed by atoms with E-state index in [2.05, 4.69) is 12.2 Å². The number of nitrogen functional groups attached to an aromatic ring is 1. The summed E-state index contributed by atoms with van der Waals surface area (Å²) < 4.78 is 5.41. The van der Waals surface area contributed by atoms with Gasteiger partial charge in [-0.05, 0) is 50.9 Å². The van der Waals surface area contributed by atoms with Crippen LogP contribution in [-0.4, -0.2) is 30.9 Å². The third-order valence-electron chi connectivity index (χ3n) is 2.74. The molecular weight excluding hydrogens is 228 g/mol. The SMILES string of the molecule is CCOc1ccc(CC(C)NCCCO)cc1N. The van der Waals surface area contributed by atoms with Gasteiger partial charge in [-0.25, -0.2) is 0 Å². The number of aliphatic hydroxyl groups is 1. The maximum Gasteiger partial charge on any atom is 0.142 e. The van der Waals surface area contributed by atoms with Gasteiger partial charge in [0.1, 0.15) is 5.75 Å². The van der Waals surface area contributed by atoms with Crippen LogP contribution in [0.25, 0.3) is 0 Å². The topological polar surface area (TPSA) is 67.5 Å². The van der Waals surface area contributed by atoms with Crippen LogP contribution in [0.4, 0.5) is 5.69 Å². The third-order valence-corrected chi connectivity index (χ3v) is 2.74. The van der Waals surface area contributed by atoms with E-state index in [0.29, 0.717) is 18.3 Å². The Hall–Kier alpha value is -1.26. The van der Waals surface area contributed by atoms with Crippen LogP contribution < -0.4 is 15.8 Å². The lowest BCUT2D eigenvalue weighted by Crippen LogP contribution is -2.29. The number of ether oxygens (including phenoxy) is 1. The van der Waals surface area contributed by atoms with Gasteiger partial charge >= 0.3 is 0 Å². The monoisotopic (exact) mass is 252 g/mol. The summed E-state index contributed by atoms with van der Waals surface area (Å²) in [7, 11) is 0. The summed E-state index contributed by atoms with van der Waals surface area (Å²) in [5, 5.41) is 12.1. The van der Waals surface area contributed by atoms with Gasteiger partial charge in [-0.2, -0.15) is 0 Å². The first-order chi connectivity index (χ1) is 8.67. The van der Waals surface area contributed by atoms with E-state index in [-0.39, 0.29) is 6.61 Å². The van der Waals surface area contributed by atoms with Crippen molar-refractivity contribution in [3.05, 3.63) is 23.8 Å². The van der Waals surface area contributed by atoms with E-state index in [4.69, 9.17) is 15.6 Å². The highest BCUT2D eigenvalue weighted by atomic mass is 16.5. The minimum atomic E-state index is 0.232. The zero-order valence-corrected chi connectivity index (χ0v) is 11.3. The highest BCUT2D eigenvalue weighted by Crippen LogP contribution is 2.23. The van der Waals surface area contributed by atoms with E-state index in [1.807, 2.05) is 25.1 Å². The second-order valence-corrected chi connectivity index (χ2v) is 4.44. The molecule has 4 heteroatoms. The Morgan fingerprint density at radius 1 is 1.44 bits per heavy atom. The predicted molar refractivity (Wildman–Crippen MR) is 74.9 cm³/mol. The molecule has 1 rings (SSSR count). The van der Waals surface area contributed by atoms with E-state index in [0.717, 1.165) is 25.1 Å². The van der Waals surface area contributed by atoms with Crippen molar-refractivity contribution in [2.24, 2.45) is 0 Å². The Morgan fingerprint density at radius 3 is 2.83 bits per heavy atom. The number of rotatable bonds is 8. The lowest BCUT2D eigenvalue weighted by Gasteiger charge is -2.14. The van der Waals surface area contributed by atoms with Crippen LogP contribution >= 0.6 is 0 Å². The van der Waals surface area contributed by atoms with Crippen molar-refractivity contribution in [2.45, 2.75) is 32.7 Å². The largest absolute Gasteiger partial charge is 0.492 e. The molecule has 4 N–H and O–H groups in total. The molecule has 0 aromatic heterocycles. The normalized spacial score (nSPS) is 12.4. The summed E-state index contributed by atoms with van der Waals surface area (Å²) in [5.74, 6) is 0.752. The highest BCUT2D eigenvalue weighted by molar-refractivity contribution is 5.54. The van der Waals surface area contributed by atoms with Gasteiger partial charge in [0.25, 0.3) is 0 Å². The number of hydrogen-bond donors (Lipinski definition) is 3. The molecule has 0 amide bonds. The van der Waals surface area contributed by atoms with Crippen LogP contribution in [-0.2, 0) is 6.42 Å². The van der Waals surface area contributed by atoms with Crippen LogP contribution in [0.2, 0.25) is 0 Å². The average molecular weight is 252 g/mol. The van der Waals surface area contributed by atoms with Crippen molar-refractivity contribution in [1.29, 1.82) is 0 Å². The van der Waals surface area contributed by atoms with E-state index in [1.54, 1.807) is 0 Å². The van der Waals surface area contributed by atoms with Crippen LogP contribution in [0, 0.1) is 0 Å². The highest BCUT2D eigenvalue weighted by Gasteiger charge is 2.05. The van der Waals surface area contributed by atoms with Gasteiger partial charge in [-0.1, -0.05) is 6.07 Å². The van der Waals surface area contributed by atoms with Gasteiger partial charge < -0.3 is 20.9 Å². The Kier molecular flexibility index (Phi) is 6.54. The van der Waals surface area contributed by atoms with Crippen LogP contribution in [0.3, 0.4) is 0 Å². The zero-order valence-electron chi connectivity index (χ0n) is 11.3. The number of benzene rings is 1. The molecule has 18 heavy (non-hydrogen) atoms. The van der Waals surface area contributed by atoms with E-state index in [9.17, 15) is 0 Å². The number of nitrogens with two attached hydrogens (primary N) is 1. The molecule has 0 aliphatic heterocycles. The fraction of sp³-hybridized carbons (Fsp3) is 0.571. The first-order valence-electron chi connectivity index (χ1n) is 6.52. The van der Waals surface area contributed by atoms with Crippen molar-refractivity contribution in [2.75, 3.05) is 25.5 Å². The molecule has 102 valence electrons. The van der Waals surface area contributed by atoms with E-state index >= 15 is 0 Å². The molecule has 0 spiro atoms. The molecule has 0 saturated heterocycles. The van der Waals surface area contributed by atoms with Crippen molar-refractivity contribution in [3.63, 3.8) is 0 Å². The molecule has 1 atom stereocenters. The number of hydrogen-bond acceptors (Lipinski definition) is 4. The van der Waals surface area contributed by atoms with Gasteiger partial charge in [0, 0.05) is 12.6 Å². The van der Waals surface area contributed by atoms with Crippen LogP contribution in [0.1, 0.15) is 25.8 Å². The fourth-order valence-corrected chi connectivity index (χ4v) is 1.87. The molecule has 0 aliphatic rings. The zero-order chi connectivity index (χ0) is 13.4. The van der Waals surface area contributed by atoms with Gasteiger partial charge in [-0.15, -0.1) is 0 Å². The first-order valence-corrected chi connectivity index (χ1v) is 6.52. The summed E-state index contributed by atoms with van der Waals surface area (Å²) in [6.07, 6.45) is 1.71.